The van der Waals surface area contributed by atoms with Gasteiger partial charge in [-0.3, -0.25) is 4.90 Å². The Morgan fingerprint density at radius 1 is 1.12 bits per heavy atom. The Bertz CT molecular complexity index is 860. The molecule has 5 nitrogen and oxygen atoms in total. The van der Waals surface area contributed by atoms with Crippen LogP contribution in [0.3, 0.4) is 0 Å². The van der Waals surface area contributed by atoms with Gasteiger partial charge in [-0.05, 0) is 36.6 Å². The van der Waals surface area contributed by atoms with Gasteiger partial charge in [0.2, 0.25) is 0 Å². The molecule has 4 rings (SSSR count). The molecule has 1 N–H and O–H groups in total. The lowest BCUT2D eigenvalue weighted by molar-refractivity contribution is 0.211. The van der Waals surface area contributed by atoms with Gasteiger partial charge in [0.25, 0.3) is 0 Å². The first-order valence-corrected chi connectivity index (χ1v) is 9.14. The van der Waals surface area contributed by atoms with E-state index >= 15 is 0 Å². The fourth-order valence-electron chi connectivity index (χ4n) is 3.56. The predicted octanol–water partition coefficient (Wildman–Crippen LogP) is 3.71. The molecule has 1 aromatic heterocycles. The number of anilines is 1. The number of piperidine rings is 1. The maximum absolute atomic E-state index is 5.36. The summed E-state index contributed by atoms with van der Waals surface area (Å²) in [6.45, 7) is 3.21. The van der Waals surface area contributed by atoms with E-state index in [1.807, 2.05) is 18.2 Å². The van der Waals surface area contributed by atoms with Gasteiger partial charge in [0, 0.05) is 36.4 Å². The fraction of sp³-hybridized carbons (Fsp3) is 0.333. The van der Waals surface area contributed by atoms with E-state index in [1.165, 1.54) is 5.56 Å². The third-order valence-corrected chi connectivity index (χ3v) is 5.05. The average molecular weight is 348 g/mol. The third kappa shape index (κ3) is 3.78. The Hall–Kier alpha value is -2.66. The maximum atomic E-state index is 5.36. The van der Waals surface area contributed by atoms with E-state index in [0.717, 1.165) is 54.8 Å². The van der Waals surface area contributed by atoms with Crippen molar-refractivity contribution in [2.24, 2.45) is 0 Å². The molecule has 0 bridgehead atoms. The van der Waals surface area contributed by atoms with Crippen LogP contribution in [0.2, 0.25) is 0 Å². The van der Waals surface area contributed by atoms with Crippen LogP contribution in [0.4, 0.5) is 5.82 Å². The van der Waals surface area contributed by atoms with E-state index < -0.39 is 0 Å². The number of benzene rings is 2. The van der Waals surface area contributed by atoms with Crippen LogP contribution in [0.15, 0.2) is 54.7 Å². The summed E-state index contributed by atoms with van der Waals surface area (Å²) in [5.41, 5.74) is 1.38. The Morgan fingerprint density at radius 3 is 2.69 bits per heavy atom. The summed E-state index contributed by atoms with van der Waals surface area (Å²) in [5.74, 6) is 1.69. The van der Waals surface area contributed by atoms with Gasteiger partial charge in [-0.1, -0.05) is 30.3 Å². The van der Waals surface area contributed by atoms with E-state index in [2.05, 4.69) is 50.7 Å². The largest absolute Gasteiger partial charge is 0.497 e. The second-order valence-electron chi connectivity index (χ2n) is 6.83. The van der Waals surface area contributed by atoms with Crippen molar-refractivity contribution in [1.82, 2.24) is 15.1 Å². The van der Waals surface area contributed by atoms with Crippen LogP contribution in [-0.4, -0.2) is 41.3 Å². The third-order valence-electron chi connectivity index (χ3n) is 5.05. The molecule has 0 unspecified atom stereocenters. The molecular formula is C21H24N4O. The number of nitrogens with one attached hydrogen (secondary N) is 1. The zero-order valence-electron chi connectivity index (χ0n) is 15.1. The molecule has 0 atom stereocenters. The SMILES string of the molecule is COc1ccc2cnnc(NC3CCN(Cc4ccccc4)CC3)c2c1. The molecular weight excluding hydrogens is 324 g/mol. The standard InChI is InChI=1S/C21H24N4O/c1-26-19-8-7-17-14-22-24-21(20(17)13-19)23-18-9-11-25(12-10-18)15-16-5-3-2-4-6-16/h2-8,13-14,18H,9-12,15H2,1H3,(H,23,24). The summed E-state index contributed by atoms with van der Waals surface area (Å²) in [6, 6.07) is 17.1. The van der Waals surface area contributed by atoms with Crippen molar-refractivity contribution < 1.29 is 4.74 Å². The zero-order valence-corrected chi connectivity index (χ0v) is 15.1. The minimum atomic E-state index is 0.424. The highest BCUT2D eigenvalue weighted by Gasteiger charge is 2.20. The van der Waals surface area contributed by atoms with Crippen molar-refractivity contribution in [3.8, 4) is 5.75 Å². The lowest BCUT2D eigenvalue weighted by atomic mass is 10.0. The minimum absolute atomic E-state index is 0.424. The number of methoxy groups -OCH3 is 1. The lowest BCUT2D eigenvalue weighted by Gasteiger charge is -2.32. The summed E-state index contributed by atoms with van der Waals surface area (Å²) in [5, 5.41) is 14.2. The maximum Gasteiger partial charge on any atom is 0.156 e. The van der Waals surface area contributed by atoms with Gasteiger partial charge in [-0.15, -0.1) is 5.10 Å². The highest BCUT2D eigenvalue weighted by Crippen LogP contribution is 2.26. The summed E-state index contributed by atoms with van der Waals surface area (Å²) < 4.78 is 5.36. The van der Waals surface area contributed by atoms with Crippen molar-refractivity contribution in [2.45, 2.75) is 25.4 Å². The summed E-state index contributed by atoms with van der Waals surface area (Å²) in [7, 11) is 1.69. The molecule has 0 radical (unpaired) electrons. The van der Waals surface area contributed by atoms with Crippen LogP contribution in [0.5, 0.6) is 5.75 Å². The number of ether oxygens (including phenoxy) is 1. The number of likely N-dealkylation sites (tertiary alicyclic amines) is 1. The van der Waals surface area contributed by atoms with Gasteiger partial charge >= 0.3 is 0 Å². The summed E-state index contributed by atoms with van der Waals surface area (Å²) in [6.07, 6.45) is 4.01. The number of nitrogens with zero attached hydrogens (tertiary/aromatic N) is 3. The van der Waals surface area contributed by atoms with Crippen LogP contribution >= 0.6 is 0 Å². The summed E-state index contributed by atoms with van der Waals surface area (Å²) in [4.78, 5) is 2.52. The molecule has 1 saturated heterocycles. The van der Waals surface area contributed by atoms with Crippen LogP contribution in [0, 0.1) is 0 Å². The Kier molecular flexibility index (Phi) is 4.97. The minimum Gasteiger partial charge on any atom is -0.497 e. The van der Waals surface area contributed by atoms with Crippen LogP contribution in [0.25, 0.3) is 10.8 Å². The second-order valence-corrected chi connectivity index (χ2v) is 6.83. The average Bonchev–Trinajstić information content (AvgIpc) is 2.70. The molecule has 3 aromatic rings. The second kappa shape index (κ2) is 7.70. The quantitative estimate of drug-likeness (QED) is 0.762. The van der Waals surface area contributed by atoms with Gasteiger partial charge < -0.3 is 10.1 Å². The molecule has 0 spiro atoms. The molecule has 26 heavy (non-hydrogen) atoms. The van der Waals surface area contributed by atoms with Crippen LogP contribution < -0.4 is 10.1 Å². The van der Waals surface area contributed by atoms with Crippen LogP contribution in [-0.2, 0) is 6.54 Å². The van der Waals surface area contributed by atoms with Gasteiger partial charge in [0.1, 0.15) is 5.75 Å². The smallest absolute Gasteiger partial charge is 0.156 e. The molecule has 134 valence electrons. The van der Waals surface area contributed by atoms with Gasteiger partial charge in [0.15, 0.2) is 5.82 Å². The Labute approximate surface area is 154 Å². The molecule has 5 heteroatoms. The number of hydrogen-bond acceptors (Lipinski definition) is 5. The molecule has 2 aromatic carbocycles. The van der Waals surface area contributed by atoms with E-state index in [1.54, 1.807) is 13.3 Å². The zero-order chi connectivity index (χ0) is 17.8. The molecule has 1 aliphatic heterocycles. The summed E-state index contributed by atoms with van der Waals surface area (Å²) >= 11 is 0. The van der Waals surface area contributed by atoms with Gasteiger partial charge in [-0.2, -0.15) is 5.10 Å². The van der Waals surface area contributed by atoms with Crippen molar-refractivity contribution in [3.63, 3.8) is 0 Å². The van der Waals surface area contributed by atoms with Crippen LogP contribution in [0.1, 0.15) is 18.4 Å². The Morgan fingerprint density at radius 2 is 1.92 bits per heavy atom. The van der Waals surface area contributed by atoms with E-state index in [9.17, 15) is 0 Å². The number of fused-ring (bicyclic) bond motifs is 1. The molecule has 0 saturated carbocycles. The fourth-order valence-corrected chi connectivity index (χ4v) is 3.56. The molecule has 1 fully saturated rings. The topological polar surface area (TPSA) is 50.3 Å². The lowest BCUT2D eigenvalue weighted by Crippen LogP contribution is -2.38. The molecule has 1 aliphatic rings. The van der Waals surface area contributed by atoms with E-state index in [4.69, 9.17) is 4.74 Å². The Balaban J connectivity index is 1.41. The predicted molar refractivity (Wildman–Crippen MR) is 104 cm³/mol. The normalized spacial score (nSPS) is 15.9. The number of aromatic nitrogens is 2. The first-order valence-electron chi connectivity index (χ1n) is 9.14. The monoisotopic (exact) mass is 348 g/mol. The van der Waals surface area contributed by atoms with Crippen molar-refractivity contribution in [3.05, 3.63) is 60.3 Å². The highest BCUT2D eigenvalue weighted by atomic mass is 16.5. The number of hydrogen-bond donors (Lipinski definition) is 1. The van der Waals surface area contributed by atoms with Gasteiger partial charge in [-0.25, -0.2) is 0 Å². The van der Waals surface area contributed by atoms with E-state index in [-0.39, 0.29) is 0 Å². The van der Waals surface area contributed by atoms with Crippen molar-refractivity contribution in [2.75, 3.05) is 25.5 Å². The molecule has 0 amide bonds. The van der Waals surface area contributed by atoms with Crippen molar-refractivity contribution in [1.29, 1.82) is 0 Å². The molecule has 0 aliphatic carbocycles. The first-order chi connectivity index (χ1) is 12.8. The first kappa shape index (κ1) is 16.8. The highest BCUT2D eigenvalue weighted by molar-refractivity contribution is 5.92. The van der Waals surface area contributed by atoms with Gasteiger partial charge in [0.05, 0.1) is 13.3 Å². The van der Waals surface area contributed by atoms with E-state index in [0.29, 0.717) is 6.04 Å². The van der Waals surface area contributed by atoms with Crippen molar-refractivity contribution >= 4 is 16.6 Å². The molecule has 2 heterocycles. The number of rotatable bonds is 5.